The van der Waals surface area contributed by atoms with Gasteiger partial charge in [0.05, 0.1) is 5.41 Å². The number of aliphatic carboxylic acids is 1. The molecular formula is C15H18BrNO3. The van der Waals surface area contributed by atoms with Gasteiger partial charge in [0.2, 0.25) is 0 Å². The first-order valence-electron chi connectivity index (χ1n) is 6.62. The maximum absolute atomic E-state index is 12.5. The van der Waals surface area contributed by atoms with Crippen molar-refractivity contribution in [3.05, 3.63) is 33.8 Å². The van der Waals surface area contributed by atoms with Gasteiger partial charge in [-0.25, -0.2) is 0 Å². The Morgan fingerprint density at radius 2 is 2.05 bits per heavy atom. The Balaban J connectivity index is 2.22. The molecule has 1 heterocycles. The van der Waals surface area contributed by atoms with E-state index in [2.05, 4.69) is 15.9 Å². The standard InChI is InChI=1S/C15H18BrNO3/c1-10-6-11(8-12(16)7-10)13(18)17-5-3-4-15(2,9-17)14(19)20/h6-8H,3-5,9H2,1-2H3,(H,19,20). The van der Waals surface area contributed by atoms with Crippen molar-refractivity contribution in [1.82, 2.24) is 4.90 Å². The second kappa shape index (κ2) is 5.56. The Morgan fingerprint density at radius 3 is 2.65 bits per heavy atom. The number of likely N-dealkylation sites (tertiary alicyclic amines) is 1. The van der Waals surface area contributed by atoms with E-state index in [4.69, 9.17) is 0 Å². The number of aryl methyl sites for hydroxylation is 1. The van der Waals surface area contributed by atoms with Crippen LogP contribution in [0.5, 0.6) is 0 Å². The largest absolute Gasteiger partial charge is 0.481 e. The van der Waals surface area contributed by atoms with Crippen molar-refractivity contribution in [3.8, 4) is 0 Å². The lowest BCUT2D eigenvalue weighted by atomic mass is 9.82. The maximum atomic E-state index is 12.5. The van der Waals surface area contributed by atoms with E-state index < -0.39 is 11.4 Å². The number of amides is 1. The van der Waals surface area contributed by atoms with Crippen LogP contribution >= 0.6 is 15.9 Å². The summed E-state index contributed by atoms with van der Waals surface area (Å²) in [6.45, 7) is 4.53. The lowest BCUT2D eigenvalue weighted by molar-refractivity contribution is -0.150. The molecule has 20 heavy (non-hydrogen) atoms. The summed E-state index contributed by atoms with van der Waals surface area (Å²) in [5.74, 6) is -0.929. The molecule has 0 aliphatic carbocycles. The number of carbonyl (C=O) groups excluding carboxylic acids is 1. The molecule has 5 heteroatoms. The van der Waals surface area contributed by atoms with Crippen LogP contribution < -0.4 is 0 Å². The van der Waals surface area contributed by atoms with Crippen molar-refractivity contribution in [2.75, 3.05) is 13.1 Å². The zero-order chi connectivity index (χ0) is 14.9. The van der Waals surface area contributed by atoms with Crippen LogP contribution in [0.25, 0.3) is 0 Å². The fraction of sp³-hybridized carbons (Fsp3) is 0.467. The van der Waals surface area contributed by atoms with Gasteiger partial charge in [0, 0.05) is 23.1 Å². The van der Waals surface area contributed by atoms with Crippen LogP contribution in [0.4, 0.5) is 0 Å². The zero-order valence-electron chi connectivity index (χ0n) is 11.6. The fourth-order valence-electron chi connectivity index (χ4n) is 2.63. The Morgan fingerprint density at radius 1 is 1.35 bits per heavy atom. The van der Waals surface area contributed by atoms with E-state index in [1.165, 1.54) is 0 Å². The molecule has 1 aliphatic heterocycles. The number of hydrogen-bond acceptors (Lipinski definition) is 2. The summed E-state index contributed by atoms with van der Waals surface area (Å²) in [4.78, 5) is 25.5. The summed E-state index contributed by atoms with van der Waals surface area (Å²) >= 11 is 3.39. The molecule has 1 N–H and O–H groups in total. The minimum absolute atomic E-state index is 0.0958. The van der Waals surface area contributed by atoms with Gasteiger partial charge in [-0.3, -0.25) is 9.59 Å². The first-order valence-corrected chi connectivity index (χ1v) is 7.41. The summed E-state index contributed by atoms with van der Waals surface area (Å²) in [5, 5.41) is 9.31. The molecule has 1 amide bonds. The molecular weight excluding hydrogens is 322 g/mol. The SMILES string of the molecule is Cc1cc(Br)cc(C(=O)N2CCCC(C)(C(=O)O)C2)c1. The summed E-state index contributed by atoms with van der Waals surface area (Å²) in [7, 11) is 0. The Hall–Kier alpha value is -1.36. The Bertz CT molecular complexity index is 538. The summed E-state index contributed by atoms with van der Waals surface area (Å²) in [5.41, 5.74) is 0.766. The third-order valence-electron chi connectivity index (χ3n) is 3.79. The number of benzene rings is 1. The normalized spacial score (nSPS) is 22.6. The van der Waals surface area contributed by atoms with Crippen molar-refractivity contribution in [1.29, 1.82) is 0 Å². The summed E-state index contributed by atoms with van der Waals surface area (Å²) in [6.07, 6.45) is 1.34. The number of halogens is 1. The van der Waals surface area contributed by atoms with Crippen LogP contribution in [0, 0.1) is 12.3 Å². The average molecular weight is 340 g/mol. The van der Waals surface area contributed by atoms with Crippen LogP contribution in [0.3, 0.4) is 0 Å². The summed E-state index contributed by atoms with van der Waals surface area (Å²) in [6, 6.07) is 5.55. The predicted octanol–water partition coefficient (Wildman–Crippen LogP) is 3.08. The summed E-state index contributed by atoms with van der Waals surface area (Å²) < 4.78 is 0.860. The van der Waals surface area contributed by atoms with Gasteiger partial charge < -0.3 is 10.0 Å². The average Bonchev–Trinajstić information content (AvgIpc) is 2.36. The van der Waals surface area contributed by atoms with Crippen LogP contribution in [0.1, 0.15) is 35.7 Å². The van der Waals surface area contributed by atoms with Gasteiger partial charge in [-0.15, -0.1) is 0 Å². The maximum Gasteiger partial charge on any atom is 0.311 e. The highest BCUT2D eigenvalue weighted by molar-refractivity contribution is 9.10. The lowest BCUT2D eigenvalue weighted by Gasteiger charge is -2.37. The second-order valence-electron chi connectivity index (χ2n) is 5.71. The quantitative estimate of drug-likeness (QED) is 0.900. The van der Waals surface area contributed by atoms with Gasteiger partial charge in [-0.05, 0) is 50.5 Å². The van der Waals surface area contributed by atoms with Crippen LogP contribution in [-0.4, -0.2) is 35.0 Å². The van der Waals surface area contributed by atoms with Gasteiger partial charge in [0.1, 0.15) is 0 Å². The van der Waals surface area contributed by atoms with Crippen molar-refractivity contribution < 1.29 is 14.7 Å². The number of carboxylic acid groups (broad SMARTS) is 1. The minimum Gasteiger partial charge on any atom is -0.481 e. The number of nitrogens with zero attached hydrogens (tertiary/aromatic N) is 1. The highest BCUT2D eigenvalue weighted by atomic mass is 79.9. The van der Waals surface area contributed by atoms with Crippen molar-refractivity contribution >= 4 is 27.8 Å². The molecule has 4 nitrogen and oxygen atoms in total. The second-order valence-corrected chi connectivity index (χ2v) is 6.63. The fourth-order valence-corrected chi connectivity index (χ4v) is 3.24. The molecule has 1 unspecified atom stereocenters. The first kappa shape index (κ1) is 15.0. The first-order chi connectivity index (χ1) is 9.32. The number of carboxylic acids is 1. The molecule has 0 bridgehead atoms. The zero-order valence-corrected chi connectivity index (χ0v) is 13.2. The minimum atomic E-state index is -0.838. The Labute approximate surface area is 126 Å². The predicted molar refractivity (Wildman–Crippen MR) is 79.8 cm³/mol. The number of rotatable bonds is 2. The molecule has 1 fully saturated rings. The third kappa shape index (κ3) is 3.03. The topological polar surface area (TPSA) is 57.6 Å². The molecule has 1 saturated heterocycles. The molecule has 1 aromatic rings. The third-order valence-corrected chi connectivity index (χ3v) is 4.25. The highest BCUT2D eigenvalue weighted by Crippen LogP contribution is 2.30. The van der Waals surface area contributed by atoms with Gasteiger partial charge in [0.25, 0.3) is 5.91 Å². The van der Waals surface area contributed by atoms with Crippen LogP contribution in [0.15, 0.2) is 22.7 Å². The van der Waals surface area contributed by atoms with E-state index in [1.807, 2.05) is 19.1 Å². The number of hydrogen-bond donors (Lipinski definition) is 1. The number of piperidine rings is 1. The smallest absolute Gasteiger partial charge is 0.311 e. The van der Waals surface area contributed by atoms with E-state index >= 15 is 0 Å². The van der Waals surface area contributed by atoms with Crippen molar-refractivity contribution in [2.45, 2.75) is 26.7 Å². The Kier molecular flexibility index (Phi) is 4.18. The highest BCUT2D eigenvalue weighted by Gasteiger charge is 2.39. The molecule has 0 radical (unpaired) electrons. The van der Waals surface area contributed by atoms with Gasteiger partial charge in [-0.1, -0.05) is 15.9 Å². The van der Waals surface area contributed by atoms with E-state index in [0.29, 0.717) is 18.5 Å². The molecule has 1 atom stereocenters. The van der Waals surface area contributed by atoms with Crippen LogP contribution in [-0.2, 0) is 4.79 Å². The van der Waals surface area contributed by atoms with E-state index in [0.717, 1.165) is 16.5 Å². The van der Waals surface area contributed by atoms with E-state index in [1.54, 1.807) is 17.9 Å². The van der Waals surface area contributed by atoms with Gasteiger partial charge in [-0.2, -0.15) is 0 Å². The van der Waals surface area contributed by atoms with Crippen LogP contribution in [0.2, 0.25) is 0 Å². The van der Waals surface area contributed by atoms with E-state index in [9.17, 15) is 14.7 Å². The van der Waals surface area contributed by atoms with Crippen molar-refractivity contribution in [2.24, 2.45) is 5.41 Å². The molecule has 1 aliphatic rings. The molecule has 0 spiro atoms. The monoisotopic (exact) mass is 339 g/mol. The molecule has 0 aromatic heterocycles. The van der Waals surface area contributed by atoms with E-state index in [-0.39, 0.29) is 12.5 Å². The van der Waals surface area contributed by atoms with Crippen molar-refractivity contribution in [3.63, 3.8) is 0 Å². The molecule has 108 valence electrons. The molecule has 0 saturated carbocycles. The van der Waals surface area contributed by atoms with Gasteiger partial charge >= 0.3 is 5.97 Å². The van der Waals surface area contributed by atoms with Gasteiger partial charge in [0.15, 0.2) is 0 Å². The molecule has 2 rings (SSSR count). The molecule has 1 aromatic carbocycles. The number of carbonyl (C=O) groups is 2. The lowest BCUT2D eigenvalue weighted by Crippen LogP contribution is -2.48.